The van der Waals surface area contributed by atoms with Crippen molar-refractivity contribution in [3.63, 3.8) is 0 Å². The molecule has 1 N–H and O–H groups in total. The van der Waals surface area contributed by atoms with Gasteiger partial charge in [-0.2, -0.15) is 0 Å². The Balaban J connectivity index is 1.77. The minimum Gasteiger partial charge on any atom is -0.478 e. The van der Waals surface area contributed by atoms with E-state index >= 15 is 0 Å². The number of benzene rings is 1. The van der Waals surface area contributed by atoms with Crippen LogP contribution in [0.25, 0.3) is 16.2 Å². The number of pyridine rings is 1. The van der Waals surface area contributed by atoms with Gasteiger partial charge >= 0.3 is 5.97 Å². The molecule has 7 heteroatoms. The molecule has 0 amide bonds. The van der Waals surface area contributed by atoms with Crippen LogP contribution in [0.4, 0.5) is 11.5 Å². The SMILES string of the molecule is O=C(O)c1ccc(N=Nc2c(-c3cccs3)nc3ccccn23)cc1. The molecule has 0 fully saturated rings. The Morgan fingerprint density at radius 1 is 1.04 bits per heavy atom. The molecule has 0 radical (unpaired) electrons. The topological polar surface area (TPSA) is 79.3 Å². The summed E-state index contributed by atoms with van der Waals surface area (Å²) in [7, 11) is 0. The predicted octanol–water partition coefficient (Wildman–Crippen LogP) is 5.18. The molecule has 122 valence electrons. The standard InChI is InChI=1S/C18H12N4O2S/c23-18(24)12-6-8-13(9-7-12)20-21-17-16(14-4-3-11-25-14)19-15-5-1-2-10-22(15)17/h1-11H,(H,23,24). The molecule has 4 aromatic rings. The third kappa shape index (κ3) is 2.92. The monoisotopic (exact) mass is 348 g/mol. The highest BCUT2D eigenvalue weighted by molar-refractivity contribution is 7.13. The normalized spacial score (nSPS) is 11.4. The molecular formula is C18H12N4O2S. The number of hydrogen-bond donors (Lipinski definition) is 1. The predicted molar refractivity (Wildman–Crippen MR) is 96.1 cm³/mol. The van der Waals surface area contributed by atoms with E-state index in [0.717, 1.165) is 16.2 Å². The number of rotatable bonds is 4. The number of aromatic carboxylic acids is 1. The summed E-state index contributed by atoms with van der Waals surface area (Å²) in [6, 6.07) is 16.0. The number of thiophene rings is 1. The second-order valence-corrected chi connectivity index (χ2v) is 6.19. The quantitative estimate of drug-likeness (QED) is 0.516. The van der Waals surface area contributed by atoms with Crippen LogP contribution in [0.2, 0.25) is 0 Å². The lowest BCUT2D eigenvalue weighted by Crippen LogP contribution is -1.93. The average Bonchev–Trinajstić information content (AvgIpc) is 3.28. The van der Waals surface area contributed by atoms with Gasteiger partial charge < -0.3 is 5.11 Å². The highest BCUT2D eigenvalue weighted by atomic mass is 32.1. The van der Waals surface area contributed by atoms with Gasteiger partial charge in [0, 0.05) is 6.20 Å². The van der Waals surface area contributed by atoms with Crippen molar-refractivity contribution < 1.29 is 9.90 Å². The van der Waals surface area contributed by atoms with Crippen LogP contribution < -0.4 is 0 Å². The number of nitrogens with zero attached hydrogens (tertiary/aromatic N) is 4. The van der Waals surface area contributed by atoms with E-state index in [-0.39, 0.29) is 5.56 Å². The van der Waals surface area contributed by atoms with Crippen molar-refractivity contribution in [2.45, 2.75) is 0 Å². The summed E-state index contributed by atoms with van der Waals surface area (Å²) in [6.45, 7) is 0. The fourth-order valence-electron chi connectivity index (χ4n) is 2.43. The summed E-state index contributed by atoms with van der Waals surface area (Å²) in [4.78, 5) is 16.6. The second kappa shape index (κ2) is 6.29. The van der Waals surface area contributed by atoms with Crippen molar-refractivity contribution in [3.8, 4) is 10.6 Å². The van der Waals surface area contributed by atoms with Crippen LogP contribution in [0.15, 0.2) is 76.4 Å². The summed E-state index contributed by atoms with van der Waals surface area (Å²) in [6.07, 6.45) is 1.89. The zero-order valence-corrected chi connectivity index (χ0v) is 13.7. The number of carbonyl (C=O) groups is 1. The number of azo groups is 1. The van der Waals surface area contributed by atoms with Crippen molar-refractivity contribution >= 4 is 34.5 Å². The summed E-state index contributed by atoms with van der Waals surface area (Å²) in [5, 5.41) is 19.6. The first-order chi connectivity index (χ1) is 12.2. The van der Waals surface area contributed by atoms with E-state index in [9.17, 15) is 4.79 Å². The number of aromatic nitrogens is 2. The molecule has 3 heterocycles. The van der Waals surface area contributed by atoms with Gasteiger partial charge in [-0.1, -0.05) is 12.1 Å². The van der Waals surface area contributed by atoms with Gasteiger partial charge in [0.15, 0.2) is 5.82 Å². The number of hydrogen-bond acceptors (Lipinski definition) is 5. The van der Waals surface area contributed by atoms with E-state index in [2.05, 4.69) is 15.2 Å². The van der Waals surface area contributed by atoms with E-state index < -0.39 is 5.97 Å². The smallest absolute Gasteiger partial charge is 0.335 e. The first kappa shape index (κ1) is 15.2. The highest BCUT2D eigenvalue weighted by Crippen LogP contribution is 2.34. The highest BCUT2D eigenvalue weighted by Gasteiger charge is 2.14. The van der Waals surface area contributed by atoms with Gasteiger partial charge in [0.1, 0.15) is 11.3 Å². The minimum atomic E-state index is -0.967. The molecule has 0 spiro atoms. The Hall–Kier alpha value is -3.32. The first-order valence-corrected chi connectivity index (χ1v) is 8.36. The van der Waals surface area contributed by atoms with Gasteiger partial charge in [0.2, 0.25) is 0 Å². The molecule has 0 atom stereocenters. The van der Waals surface area contributed by atoms with Crippen molar-refractivity contribution in [2.75, 3.05) is 0 Å². The van der Waals surface area contributed by atoms with Crippen LogP contribution in [0.5, 0.6) is 0 Å². The Kier molecular flexibility index (Phi) is 3.83. The molecule has 0 aliphatic rings. The molecule has 25 heavy (non-hydrogen) atoms. The Bertz CT molecular complexity index is 1070. The van der Waals surface area contributed by atoms with E-state index in [1.165, 1.54) is 12.1 Å². The summed E-state index contributed by atoms with van der Waals surface area (Å²) < 4.78 is 1.88. The maximum atomic E-state index is 10.9. The molecule has 3 aromatic heterocycles. The second-order valence-electron chi connectivity index (χ2n) is 5.24. The van der Waals surface area contributed by atoms with E-state index in [1.54, 1.807) is 23.5 Å². The summed E-state index contributed by atoms with van der Waals surface area (Å²) >= 11 is 1.59. The van der Waals surface area contributed by atoms with Crippen molar-refractivity contribution in [2.24, 2.45) is 10.2 Å². The van der Waals surface area contributed by atoms with Crippen LogP contribution in [-0.2, 0) is 0 Å². The largest absolute Gasteiger partial charge is 0.478 e. The van der Waals surface area contributed by atoms with Crippen LogP contribution in [0.1, 0.15) is 10.4 Å². The molecule has 0 unspecified atom stereocenters. The van der Waals surface area contributed by atoms with Gasteiger partial charge in [-0.3, -0.25) is 4.40 Å². The maximum absolute atomic E-state index is 10.9. The van der Waals surface area contributed by atoms with Gasteiger partial charge in [0.05, 0.1) is 16.1 Å². The van der Waals surface area contributed by atoms with Gasteiger partial charge in [-0.05, 0) is 47.8 Å². The maximum Gasteiger partial charge on any atom is 0.335 e. The van der Waals surface area contributed by atoms with Crippen LogP contribution in [0.3, 0.4) is 0 Å². The van der Waals surface area contributed by atoms with Crippen LogP contribution in [0, 0.1) is 0 Å². The number of carboxylic acid groups (broad SMARTS) is 1. The molecule has 0 aliphatic carbocycles. The number of carboxylic acids is 1. The van der Waals surface area contributed by atoms with E-state index in [0.29, 0.717) is 11.5 Å². The summed E-state index contributed by atoms with van der Waals surface area (Å²) in [5.41, 5.74) is 2.36. The lowest BCUT2D eigenvalue weighted by Gasteiger charge is -1.98. The lowest BCUT2D eigenvalue weighted by atomic mass is 10.2. The lowest BCUT2D eigenvalue weighted by molar-refractivity contribution is 0.0697. The fourth-order valence-corrected chi connectivity index (χ4v) is 3.14. The zero-order valence-electron chi connectivity index (χ0n) is 12.9. The molecule has 6 nitrogen and oxygen atoms in total. The average molecular weight is 348 g/mol. The first-order valence-electron chi connectivity index (χ1n) is 7.48. The third-order valence-electron chi connectivity index (χ3n) is 3.63. The molecule has 4 rings (SSSR count). The third-order valence-corrected chi connectivity index (χ3v) is 4.51. The Morgan fingerprint density at radius 3 is 2.60 bits per heavy atom. The number of fused-ring (bicyclic) bond motifs is 1. The van der Waals surface area contributed by atoms with Gasteiger partial charge in [0.25, 0.3) is 0 Å². The Labute approximate surface area is 146 Å². The molecule has 0 saturated heterocycles. The van der Waals surface area contributed by atoms with Crippen LogP contribution >= 0.6 is 11.3 Å². The van der Waals surface area contributed by atoms with Gasteiger partial charge in [-0.15, -0.1) is 21.6 Å². The van der Waals surface area contributed by atoms with Crippen molar-refractivity contribution in [1.29, 1.82) is 0 Å². The molecule has 0 aliphatic heterocycles. The summed E-state index contributed by atoms with van der Waals surface area (Å²) in [5.74, 6) is -0.328. The Morgan fingerprint density at radius 2 is 1.88 bits per heavy atom. The van der Waals surface area contributed by atoms with Crippen molar-refractivity contribution in [3.05, 3.63) is 71.7 Å². The van der Waals surface area contributed by atoms with Crippen molar-refractivity contribution in [1.82, 2.24) is 9.38 Å². The van der Waals surface area contributed by atoms with Gasteiger partial charge in [-0.25, -0.2) is 9.78 Å². The fraction of sp³-hybridized carbons (Fsp3) is 0. The zero-order chi connectivity index (χ0) is 17.2. The van der Waals surface area contributed by atoms with E-state index in [4.69, 9.17) is 5.11 Å². The van der Waals surface area contributed by atoms with Crippen LogP contribution in [-0.4, -0.2) is 20.5 Å². The molecule has 0 saturated carbocycles. The molecule has 0 bridgehead atoms. The minimum absolute atomic E-state index is 0.216. The molecular weight excluding hydrogens is 336 g/mol. The molecule has 1 aromatic carbocycles. The van der Waals surface area contributed by atoms with E-state index in [1.807, 2.05) is 46.3 Å². The number of imidazole rings is 1.